The van der Waals surface area contributed by atoms with Crippen LogP contribution in [-0.4, -0.2) is 4.57 Å². The molecule has 0 fully saturated rings. The summed E-state index contributed by atoms with van der Waals surface area (Å²) < 4.78 is 2.37. The van der Waals surface area contributed by atoms with Gasteiger partial charge in [0.15, 0.2) is 0 Å². The Morgan fingerprint density at radius 1 is 0.545 bits per heavy atom. The molecule has 1 heteroatoms. The Bertz CT molecular complexity index is 1630. The molecular formula is C32H23N. The molecule has 0 N–H and O–H groups in total. The standard InChI is InChI=1S/C32H23N/c1-21-10-11-24-19-25-13-12-23(20-30(25)29(24)18-21)22-14-16-26(17-15-22)33-31-8-4-2-6-27(31)28-7-3-5-9-32(28)33/h2-18,20H,19H2,1H3. The number of para-hydroxylation sites is 2. The fourth-order valence-corrected chi connectivity index (χ4v) is 5.46. The minimum atomic E-state index is 1.04. The van der Waals surface area contributed by atoms with Gasteiger partial charge in [-0.25, -0.2) is 0 Å². The number of hydrogen-bond acceptors (Lipinski definition) is 0. The highest BCUT2D eigenvalue weighted by Gasteiger charge is 2.19. The predicted octanol–water partition coefficient (Wildman–Crippen LogP) is 8.33. The smallest absolute Gasteiger partial charge is 0.0541 e. The lowest BCUT2D eigenvalue weighted by Crippen LogP contribution is -1.93. The molecule has 1 aliphatic rings. The minimum Gasteiger partial charge on any atom is -0.309 e. The van der Waals surface area contributed by atoms with Crippen molar-refractivity contribution in [3.63, 3.8) is 0 Å². The van der Waals surface area contributed by atoms with E-state index in [1.807, 2.05) is 0 Å². The average molecular weight is 422 g/mol. The molecule has 0 amide bonds. The second kappa shape index (κ2) is 6.95. The van der Waals surface area contributed by atoms with Gasteiger partial charge in [-0.15, -0.1) is 0 Å². The molecular weight excluding hydrogens is 398 g/mol. The van der Waals surface area contributed by atoms with Crippen molar-refractivity contribution in [2.24, 2.45) is 0 Å². The average Bonchev–Trinajstić information content (AvgIpc) is 3.39. The van der Waals surface area contributed by atoms with E-state index in [-0.39, 0.29) is 0 Å². The monoisotopic (exact) mass is 421 g/mol. The summed E-state index contributed by atoms with van der Waals surface area (Å²) in [4.78, 5) is 0. The van der Waals surface area contributed by atoms with E-state index in [0.717, 1.165) is 6.42 Å². The van der Waals surface area contributed by atoms with Gasteiger partial charge < -0.3 is 4.57 Å². The van der Waals surface area contributed by atoms with E-state index in [0.29, 0.717) is 0 Å². The molecule has 0 bridgehead atoms. The molecule has 0 saturated heterocycles. The SMILES string of the molecule is Cc1ccc2c(c1)-c1cc(-c3ccc(-n4c5ccccc5c5ccccc54)cc3)ccc1C2. The normalized spacial score (nSPS) is 12.3. The molecule has 33 heavy (non-hydrogen) atoms. The Labute approximate surface area is 193 Å². The van der Waals surface area contributed by atoms with Crippen molar-refractivity contribution in [1.29, 1.82) is 0 Å². The molecule has 1 heterocycles. The van der Waals surface area contributed by atoms with Crippen molar-refractivity contribution < 1.29 is 0 Å². The van der Waals surface area contributed by atoms with E-state index in [4.69, 9.17) is 0 Å². The zero-order valence-electron chi connectivity index (χ0n) is 18.5. The summed E-state index contributed by atoms with van der Waals surface area (Å²) in [6, 6.07) is 40.1. The zero-order chi connectivity index (χ0) is 21.9. The van der Waals surface area contributed by atoms with Crippen molar-refractivity contribution in [1.82, 2.24) is 4.57 Å². The molecule has 156 valence electrons. The number of nitrogens with zero attached hydrogens (tertiary/aromatic N) is 1. The molecule has 1 aromatic heterocycles. The summed E-state index contributed by atoms with van der Waals surface area (Å²) >= 11 is 0. The van der Waals surface area contributed by atoms with Gasteiger partial charge >= 0.3 is 0 Å². The lowest BCUT2D eigenvalue weighted by atomic mass is 9.98. The molecule has 5 aromatic carbocycles. The highest BCUT2D eigenvalue weighted by Crippen LogP contribution is 2.40. The molecule has 1 aliphatic carbocycles. The fraction of sp³-hybridized carbons (Fsp3) is 0.0625. The van der Waals surface area contributed by atoms with Crippen LogP contribution >= 0.6 is 0 Å². The second-order valence-corrected chi connectivity index (χ2v) is 9.13. The van der Waals surface area contributed by atoms with Gasteiger partial charge in [-0.1, -0.05) is 84.4 Å². The number of aryl methyl sites for hydroxylation is 1. The van der Waals surface area contributed by atoms with Crippen LogP contribution < -0.4 is 0 Å². The summed E-state index contributed by atoms with van der Waals surface area (Å²) in [6.45, 7) is 2.18. The van der Waals surface area contributed by atoms with Crippen molar-refractivity contribution in [2.75, 3.05) is 0 Å². The van der Waals surface area contributed by atoms with Gasteiger partial charge in [0.05, 0.1) is 11.0 Å². The van der Waals surface area contributed by atoms with Crippen LogP contribution in [0.4, 0.5) is 0 Å². The van der Waals surface area contributed by atoms with Gasteiger partial charge in [0.1, 0.15) is 0 Å². The summed E-state index contributed by atoms with van der Waals surface area (Å²) in [6.07, 6.45) is 1.04. The lowest BCUT2D eigenvalue weighted by Gasteiger charge is -2.10. The summed E-state index contributed by atoms with van der Waals surface area (Å²) in [5.41, 5.74) is 13.2. The van der Waals surface area contributed by atoms with E-state index >= 15 is 0 Å². The number of benzene rings is 5. The van der Waals surface area contributed by atoms with E-state index in [1.165, 1.54) is 66.4 Å². The molecule has 0 aliphatic heterocycles. The third-order valence-electron chi connectivity index (χ3n) is 7.09. The van der Waals surface area contributed by atoms with Crippen molar-refractivity contribution in [3.8, 4) is 27.9 Å². The number of aromatic nitrogens is 1. The first-order valence-electron chi connectivity index (χ1n) is 11.6. The van der Waals surface area contributed by atoms with E-state index in [2.05, 4.69) is 121 Å². The van der Waals surface area contributed by atoms with Gasteiger partial charge in [0.2, 0.25) is 0 Å². The maximum Gasteiger partial charge on any atom is 0.0541 e. The molecule has 0 unspecified atom stereocenters. The van der Waals surface area contributed by atoms with Crippen LogP contribution in [0.25, 0.3) is 49.7 Å². The Hall–Kier alpha value is -4.10. The topological polar surface area (TPSA) is 4.93 Å². The zero-order valence-corrected chi connectivity index (χ0v) is 18.5. The fourth-order valence-electron chi connectivity index (χ4n) is 5.46. The first-order valence-corrected chi connectivity index (χ1v) is 11.6. The van der Waals surface area contributed by atoms with Crippen molar-refractivity contribution >= 4 is 21.8 Å². The summed E-state index contributed by atoms with van der Waals surface area (Å²) in [7, 11) is 0. The molecule has 0 atom stereocenters. The summed E-state index contributed by atoms with van der Waals surface area (Å²) in [5, 5.41) is 2.59. The van der Waals surface area contributed by atoms with E-state index in [9.17, 15) is 0 Å². The van der Waals surface area contributed by atoms with Crippen LogP contribution in [0.5, 0.6) is 0 Å². The van der Waals surface area contributed by atoms with Crippen LogP contribution in [0, 0.1) is 6.92 Å². The first-order chi connectivity index (χ1) is 16.3. The molecule has 0 radical (unpaired) electrons. The Balaban J connectivity index is 1.33. The Kier molecular flexibility index (Phi) is 3.89. The van der Waals surface area contributed by atoms with Crippen molar-refractivity contribution in [3.05, 3.63) is 126 Å². The van der Waals surface area contributed by atoms with Gasteiger partial charge in [-0.05, 0) is 77.1 Å². The van der Waals surface area contributed by atoms with Crippen LogP contribution in [0.3, 0.4) is 0 Å². The second-order valence-electron chi connectivity index (χ2n) is 9.13. The molecule has 1 nitrogen and oxygen atoms in total. The van der Waals surface area contributed by atoms with Crippen LogP contribution in [0.15, 0.2) is 109 Å². The third-order valence-corrected chi connectivity index (χ3v) is 7.09. The van der Waals surface area contributed by atoms with E-state index in [1.54, 1.807) is 0 Å². The third kappa shape index (κ3) is 2.79. The highest BCUT2D eigenvalue weighted by molar-refractivity contribution is 6.09. The number of fused-ring (bicyclic) bond motifs is 6. The summed E-state index contributed by atoms with van der Waals surface area (Å²) in [5.74, 6) is 0. The van der Waals surface area contributed by atoms with Crippen LogP contribution in [0.1, 0.15) is 16.7 Å². The number of hydrogen-bond donors (Lipinski definition) is 0. The highest BCUT2D eigenvalue weighted by atomic mass is 15.0. The van der Waals surface area contributed by atoms with Gasteiger partial charge in [-0.3, -0.25) is 0 Å². The maximum absolute atomic E-state index is 2.37. The Morgan fingerprint density at radius 3 is 1.82 bits per heavy atom. The van der Waals surface area contributed by atoms with Gasteiger partial charge in [-0.2, -0.15) is 0 Å². The van der Waals surface area contributed by atoms with E-state index < -0.39 is 0 Å². The molecule has 6 aromatic rings. The first kappa shape index (κ1) is 18.5. The van der Waals surface area contributed by atoms with Crippen LogP contribution in [-0.2, 0) is 6.42 Å². The predicted molar refractivity (Wildman–Crippen MR) is 139 cm³/mol. The largest absolute Gasteiger partial charge is 0.309 e. The van der Waals surface area contributed by atoms with Gasteiger partial charge in [0.25, 0.3) is 0 Å². The minimum absolute atomic E-state index is 1.04. The van der Waals surface area contributed by atoms with Crippen molar-refractivity contribution in [2.45, 2.75) is 13.3 Å². The molecule has 0 spiro atoms. The number of rotatable bonds is 2. The maximum atomic E-state index is 2.37. The van der Waals surface area contributed by atoms with Crippen LogP contribution in [0.2, 0.25) is 0 Å². The Morgan fingerprint density at radius 2 is 1.12 bits per heavy atom. The van der Waals surface area contributed by atoms with Gasteiger partial charge in [0, 0.05) is 16.5 Å². The molecule has 7 rings (SSSR count). The molecule has 0 saturated carbocycles. The quantitative estimate of drug-likeness (QED) is 0.264. The lowest BCUT2D eigenvalue weighted by molar-refractivity contribution is 1.18.